The Balaban J connectivity index is 3.67. The summed E-state index contributed by atoms with van der Waals surface area (Å²) >= 11 is 0. The molecule has 0 radical (unpaired) electrons. The van der Waals surface area contributed by atoms with Gasteiger partial charge >= 0.3 is 6.09 Å². The molecular weight excluding hydrogens is 342 g/mol. The molecule has 0 spiro atoms. The summed E-state index contributed by atoms with van der Waals surface area (Å²) < 4.78 is 5.12. The van der Waals surface area contributed by atoms with Crippen molar-refractivity contribution in [1.82, 2.24) is 5.32 Å². The predicted octanol–water partition coefficient (Wildman–Crippen LogP) is 5.53. The SMILES string of the molecule is CCCCCCCCCCCCCCC(=O)[C@H](CO)NC(=O)OC(C)(C)C. The lowest BCUT2D eigenvalue weighted by Crippen LogP contribution is -2.45. The predicted molar refractivity (Wildman–Crippen MR) is 111 cm³/mol. The van der Waals surface area contributed by atoms with E-state index in [1.807, 2.05) is 0 Å². The minimum atomic E-state index is -0.868. The average Bonchev–Trinajstić information content (AvgIpc) is 2.58. The van der Waals surface area contributed by atoms with E-state index in [2.05, 4.69) is 12.2 Å². The molecule has 0 saturated carbocycles. The van der Waals surface area contributed by atoms with Gasteiger partial charge in [-0.15, -0.1) is 0 Å². The topological polar surface area (TPSA) is 75.6 Å². The first-order chi connectivity index (χ1) is 12.8. The monoisotopic (exact) mass is 385 g/mol. The first-order valence-electron chi connectivity index (χ1n) is 10.9. The number of aliphatic hydroxyl groups is 1. The van der Waals surface area contributed by atoms with Crippen molar-refractivity contribution >= 4 is 11.9 Å². The van der Waals surface area contributed by atoms with Crippen molar-refractivity contribution in [3.63, 3.8) is 0 Å². The lowest BCUT2D eigenvalue weighted by Gasteiger charge is -2.22. The summed E-state index contributed by atoms with van der Waals surface area (Å²) in [6.45, 7) is 7.13. The van der Waals surface area contributed by atoms with Gasteiger partial charge in [-0.05, 0) is 27.2 Å². The summed E-state index contributed by atoms with van der Waals surface area (Å²) in [7, 11) is 0. The van der Waals surface area contributed by atoms with Crippen LogP contribution in [0.4, 0.5) is 4.79 Å². The van der Waals surface area contributed by atoms with Crippen LogP contribution in [0.5, 0.6) is 0 Å². The minimum Gasteiger partial charge on any atom is -0.444 e. The van der Waals surface area contributed by atoms with Gasteiger partial charge in [0.15, 0.2) is 5.78 Å². The number of carbonyl (C=O) groups is 2. The van der Waals surface area contributed by atoms with Crippen LogP contribution in [-0.2, 0) is 9.53 Å². The van der Waals surface area contributed by atoms with Crippen LogP contribution in [0.3, 0.4) is 0 Å². The van der Waals surface area contributed by atoms with Gasteiger partial charge in [0.25, 0.3) is 0 Å². The molecule has 0 bridgehead atoms. The molecule has 2 N–H and O–H groups in total. The van der Waals surface area contributed by atoms with E-state index in [1.54, 1.807) is 20.8 Å². The lowest BCUT2D eigenvalue weighted by molar-refractivity contribution is -0.122. The van der Waals surface area contributed by atoms with Gasteiger partial charge in [0.05, 0.1) is 6.61 Å². The van der Waals surface area contributed by atoms with E-state index >= 15 is 0 Å². The van der Waals surface area contributed by atoms with Gasteiger partial charge in [0, 0.05) is 6.42 Å². The van der Waals surface area contributed by atoms with Crippen molar-refractivity contribution < 1.29 is 19.4 Å². The molecule has 1 amide bonds. The first-order valence-corrected chi connectivity index (χ1v) is 10.9. The molecule has 5 nitrogen and oxygen atoms in total. The van der Waals surface area contributed by atoms with E-state index in [9.17, 15) is 14.7 Å². The van der Waals surface area contributed by atoms with E-state index in [1.165, 1.54) is 57.8 Å². The number of hydrogen-bond acceptors (Lipinski definition) is 4. The van der Waals surface area contributed by atoms with Crippen LogP contribution in [0.15, 0.2) is 0 Å². The van der Waals surface area contributed by atoms with Crippen LogP contribution in [0.25, 0.3) is 0 Å². The molecule has 0 rings (SSSR count). The zero-order valence-electron chi connectivity index (χ0n) is 18.1. The van der Waals surface area contributed by atoms with Crippen molar-refractivity contribution in [2.45, 2.75) is 123 Å². The number of ketones is 1. The quantitative estimate of drug-likeness (QED) is 0.342. The number of ether oxygens (including phenoxy) is 1. The van der Waals surface area contributed by atoms with Gasteiger partial charge in [0.1, 0.15) is 11.6 Å². The third-order valence-electron chi connectivity index (χ3n) is 4.54. The Hall–Kier alpha value is -1.10. The standard InChI is InChI=1S/C22H43NO4/c1-5-6-7-8-9-10-11-12-13-14-15-16-17-20(25)19(18-24)23-21(26)27-22(2,3)4/h19,24H,5-18H2,1-4H3,(H,23,26)/t19-/m0/s1. The van der Waals surface area contributed by atoms with Crippen molar-refractivity contribution in [2.75, 3.05) is 6.61 Å². The number of carbonyl (C=O) groups excluding carboxylic acids is 2. The Morgan fingerprint density at radius 3 is 1.70 bits per heavy atom. The third-order valence-corrected chi connectivity index (χ3v) is 4.54. The Morgan fingerprint density at radius 2 is 1.30 bits per heavy atom. The van der Waals surface area contributed by atoms with Crippen LogP contribution in [0.2, 0.25) is 0 Å². The fourth-order valence-corrected chi connectivity index (χ4v) is 2.99. The number of Topliss-reactive ketones (excluding diaryl/α,β-unsaturated/α-hetero) is 1. The summed E-state index contributed by atoms with van der Waals surface area (Å²) in [6.07, 6.45) is 14.6. The molecule has 1 atom stereocenters. The highest BCUT2D eigenvalue weighted by Crippen LogP contribution is 2.13. The number of hydrogen-bond donors (Lipinski definition) is 2. The first kappa shape index (κ1) is 25.9. The van der Waals surface area contributed by atoms with Crippen molar-refractivity contribution in [2.24, 2.45) is 0 Å². The van der Waals surface area contributed by atoms with Gasteiger partial charge in [-0.25, -0.2) is 4.79 Å². The Labute approximate surface area is 166 Å². The summed E-state index contributed by atoms with van der Waals surface area (Å²) in [5.41, 5.74) is -0.622. The fraction of sp³-hybridized carbons (Fsp3) is 0.909. The largest absolute Gasteiger partial charge is 0.444 e. The lowest BCUT2D eigenvalue weighted by atomic mass is 10.0. The van der Waals surface area contributed by atoms with Crippen molar-refractivity contribution in [3.05, 3.63) is 0 Å². The van der Waals surface area contributed by atoms with Gasteiger partial charge in [-0.1, -0.05) is 77.6 Å². The molecule has 0 aliphatic heterocycles. The van der Waals surface area contributed by atoms with Crippen molar-refractivity contribution in [1.29, 1.82) is 0 Å². The fourth-order valence-electron chi connectivity index (χ4n) is 2.99. The Morgan fingerprint density at radius 1 is 0.852 bits per heavy atom. The van der Waals surface area contributed by atoms with Crippen LogP contribution < -0.4 is 5.32 Å². The van der Waals surface area contributed by atoms with Crippen LogP contribution >= 0.6 is 0 Å². The maximum absolute atomic E-state index is 12.1. The van der Waals surface area contributed by atoms with Crippen molar-refractivity contribution in [3.8, 4) is 0 Å². The van der Waals surface area contributed by atoms with Gasteiger partial charge in [-0.2, -0.15) is 0 Å². The van der Waals surface area contributed by atoms with E-state index in [-0.39, 0.29) is 5.78 Å². The van der Waals surface area contributed by atoms with Crippen LogP contribution in [0, 0.1) is 0 Å². The number of amides is 1. The zero-order valence-corrected chi connectivity index (χ0v) is 18.1. The second-order valence-corrected chi connectivity index (χ2v) is 8.49. The highest BCUT2D eigenvalue weighted by Gasteiger charge is 2.23. The Kier molecular flexibility index (Phi) is 15.3. The molecule has 0 fully saturated rings. The van der Waals surface area contributed by atoms with Crippen LogP contribution in [0.1, 0.15) is 111 Å². The van der Waals surface area contributed by atoms with E-state index < -0.39 is 24.3 Å². The highest BCUT2D eigenvalue weighted by molar-refractivity contribution is 5.87. The molecule has 0 unspecified atom stereocenters. The van der Waals surface area contributed by atoms with Gasteiger partial charge in [-0.3, -0.25) is 4.79 Å². The smallest absolute Gasteiger partial charge is 0.408 e. The second-order valence-electron chi connectivity index (χ2n) is 8.49. The molecule has 0 aliphatic carbocycles. The maximum Gasteiger partial charge on any atom is 0.408 e. The Bertz CT molecular complexity index is 390. The number of nitrogens with one attached hydrogen (secondary N) is 1. The van der Waals surface area contributed by atoms with E-state index in [4.69, 9.17) is 4.74 Å². The zero-order chi connectivity index (χ0) is 20.5. The molecular formula is C22H43NO4. The summed E-state index contributed by atoms with van der Waals surface area (Å²) in [6, 6.07) is -0.868. The maximum atomic E-state index is 12.1. The molecule has 0 aromatic rings. The number of rotatable bonds is 16. The third kappa shape index (κ3) is 16.8. The summed E-state index contributed by atoms with van der Waals surface area (Å²) in [5, 5.41) is 11.8. The normalized spacial score (nSPS) is 12.6. The molecule has 0 aromatic heterocycles. The average molecular weight is 386 g/mol. The number of alkyl carbamates (subject to hydrolysis) is 1. The van der Waals surface area contributed by atoms with E-state index in [0.29, 0.717) is 6.42 Å². The molecule has 27 heavy (non-hydrogen) atoms. The molecule has 0 heterocycles. The minimum absolute atomic E-state index is 0.129. The molecule has 160 valence electrons. The molecule has 5 heteroatoms. The number of unbranched alkanes of at least 4 members (excludes halogenated alkanes) is 11. The summed E-state index contributed by atoms with van der Waals surface area (Å²) in [5.74, 6) is -0.129. The summed E-state index contributed by atoms with van der Waals surface area (Å²) in [4.78, 5) is 23.8. The molecule has 0 aliphatic rings. The second kappa shape index (κ2) is 15.9. The van der Waals surface area contributed by atoms with Gasteiger partial charge < -0.3 is 15.2 Å². The molecule has 0 saturated heterocycles. The van der Waals surface area contributed by atoms with Crippen LogP contribution in [-0.4, -0.2) is 35.2 Å². The molecule has 0 aromatic carbocycles. The number of aliphatic hydroxyl groups excluding tert-OH is 1. The highest BCUT2D eigenvalue weighted by atomic mass is 16.6. The van der Waals surface area contributed by atoms with E-state index in [0.717, 1.165) is 19.3 Å². The van der Waals surface area contributed by atoms with Gasteiger partial charge in [0.2, 0.25) is 0 Å².